The molecule has 0 bridgehead atoms. The number of esters is 1. The van der Waals surface area contributed by atoms with Crippen LogP contribution >= 0.6 is 0 Å². The minimum atomic E-state index is -2.07. The number of amides is 3. The van der Waals surface area contributed by atoms with E-state index in [-0.39, 0.29) is 50.8 Å². The molecule has 372 valence electrons. The van der Waals surface area contributed by atoms with E-state index in [4.69, 9.17) is 18.9 Å². The van der Waals surface area contributed by atoms with E-state index in [0.29, 0.717) is 54.3 Å². The van der Waals surface area contributed by atoms with Crippen LogP contribution < -0.4 is 14.5 Å². The number of benzene rings is 4. The van der Waals surface area contributed by atoms with Crippen LogP contribution in [-0.2, 0) is 34.0 Å². The number of carbonyl (C=O) groups excluding carboxylic acids is 4. The number of anilines is 2. The second-order valence-electron chi connectivity index (χ2n) is 18.9. The molecule has 10 rings (SSSR count). The third kappa shape index (κ3) is 8.95. The molecular weight excluding hydrogens is 917 g/mol. The molecule has 1 saturated carbocycles. The third-order valence-corrected chi connectivity index (χ3v) is 14.8. The molecule has 2 N–H and O–H groups in total. The Morgan fingerprint density at radius 2 is 1.47 bits per heavy atom. The lowest BCUT2D eigenvalue weighted by Gasteiger charge is -2.46. The van der Waals surface area contributed by atoms with Crippen molar-refractivity contribution >= 4 is 35.5 Å². The van der Waals surface area contributed by atoms with Crippen molar-refractivity contribution in [2.75, 3.05) is 69.5 Å². The van der Waals surface area contributed by atoms with Crippen molar-refractivity contribution in [1.82, 2.24) is 19.8 Å². The summed E-state index contributed by atoms with van der Waals surface area (Å²) in [6, 6.07) is 29.5. The summed E-state index contributed by atoms with van der Waals surface area (Å²) in [7, 11) is 1.47. The van der Waals surface area contributed by atoms with E-state index < -0.39 is 65.0 Å². The van der Waals surface area contributed by atoms with Gasteiger partial charge in [0, 0.05) is 51.2 Å². The van der Waals surface area contributed by atoms with Gasteiger partial charge in [-0.05, 0) is 84.3 Å². The number of piperazine rings is 1. The molecule has 5 aromatic rings. The molecule has 4 aliphatic heterocycles. The number of hydrogen-bond donors (Lipinski definition) is 2. The zero-order valence-electron chi connectivity index (χ0n) is 40.2. The first-order chi connectivity index (χ1) is 35.2. The molecule has 5 heterocycles. The normalized spacial score (nSPS) is 24.7. The second-order valence-corrected chi connectivity index (χ2v) is 18.9. The number of cyclic esters (lactones) is 1. The number of rotatable bonds is 11. The lowest BCUT2D eigenvalue weighted by molar-refractivity contribution is -0.179. The Balaban J connectivity index is 1.24. The van der Waals surface area contributed by atoms with E-state index in [0.717, 1.165) is 36.1 Å². The molecule has 4 fully saturated rings. The Hall–Kier alpha value is -7.16. The number of nitrogens with zero attached hydrogens (tertiary/aromatic N) is 6. The number of aromatic nitrogens is 2. The Labute approximate surface area is 418 Å². The van der Waals surface area contributed by atoms with E-state index in [2.05, 4.69) is 21.8 Å². The average Bonchev–Trinajstić information content (AvgIpc) is 3.75. The second kappa shape index (κ2) is 20.9. The number of morpholine rings is 1. The zero-order chi connectivity index (χ0) is 49.8. The van der Waals surface area contributed by atoms with Gasteiger partial charge in [-0.25, -0.2) is 19.7 Å². The minimum Gasteiger partial charge on any atom is -0.491 e. The summed E-state index contributed by atoms with van der Waals surface area (Å²) in [6.45, 7) is 0.689. The number of aliphatic hydroxyl groups is 2. The third-order valence-electron chi connectivity index (χ3n) is 14.8. The summed E-state index contributed by atoms with van der Waals surface area (Å²) in [4.78, 5) is 78.8. The largest absolute Gasteiger partial charge is 0.491 e. The number of aliphatic hydroxyl groups excluding tert-OH is 1. The van der Waals surface area contributed by atoms with E-state index in [1.807, 2.05) is 76.5 Å². The fourth-order valence-corrected chi connectivity index (χ4v) is 11.6. The van der Waals surface area contributed by atoms with Crippen LogP contribution in [0, 0.1) is 17.8 Å². The summed E-state index contributed by atoms with van der Waals surface area (Å²) in [5.41, 5.74) is -0.498. The van der Waals surface area contributed by atoms with Gasteiger partial charge in [0.25, 0.3) is 0 Å². The SMILES string of the molecule is COCCOC(=O)N1C(=O)[C@@]2(c3cc(C#CC4(O)CCCCCC4)ccc31)[C@H](C(=O)N1CCN(c3ncccn3)CC1)[C@H]1C(=O)O[C@H](c3ccccc3)[C@H](c3ccccc3)N1[C@@H]2c1cccc(OCCO)c1. The molecule has 1 aromatic heterocycles. The first-order valence-electron chi connectivity index (χ1n) is 24.8. The van der Waals surface area contributed by atoms with Gasteiger partial charge in [-0.3, -0.25) is 19.3 Å². The van der Waals surface area contributed by atoms with Gasteiger partial charge in [-0.15, -0.1) is 0 Å². The van der Waals surface area contributed by atoms with Crippen molar-refractivity contribution < 1.29 is 48.3 Å². The predicted molar refractivity (Wildman–Crippen MR) is 265 cm³/mol. The molecule has 1 spiro atoms. The van der Waals surface area contributed by atoms with Crippen LogP contribution in [0.4, 0.5) is 16.4 Å². The van der Waals surface area contributed by atoms with Crippen LogP contribution in [0.1, 0.15) is 84.5 Å². The van der Waals surface area contributed by atoms with Crippen molar-refractivity contribution in [2.24, 2.45) is 5.92 Å². The molecule has 3 saturated heterocycles. The maximum atomic E-state index is 16.7. The minimum absolute atomic E-state index is 0.0288. The average molecular weight is 975 g/mol. The van der Waals surface area contributed by atoms with Crippen LogP contribution in [0.3, 0.4) is 0 Å². The molecular formula is C56H58N6O10. The van der Waals surface area contributed by atoms with Crippen molar-refractivity contribution in [3.05, 3.63) is 149 Å². The molecule has 1 aliphatic carbocycles. The van der Waals surface area contributed by atoms with Gasteiger partial charge in [-0.2, -0.15) is 0 Å². The summed E-state index contributed by atoms with van der Waals surface area (Å²) < 4.78 is 23.7. The Bertz CT molecular complexity index is 2830. The molecule has 3 amide bonds. The lowest BCUT2D eigenvalue weighted by atomic mass is 9.64. The Morgan fingerprint density at radius 1 is 0.778 bits per heavy atom. The standard InChI is InChI=1S/C56H58N6O10/c1-69-34-35-71-54(67)61-44-21-20-38(22-25-55(68)23-10-2-3-11-24-55)36-43(44)56(52(61)66)45(50(64)59-28-30-60(31-29-59)53-57-26-13-27-58-53)47-51(65)72-48(40-16-8-5-9-17-40)46(39-14-6-4-7-15-39)62(47)49(56)41-18-12-19-42(37-41)70-33-32-63/h4-9,12-21,26-27,36-37,45-49,63,68H,2-3,10-11,23-24,28-35H2,1H3/t45-,46-,47-,48+,49+,56-/m0/s1. The van der Waals surface area contributed by atoms with Gasteiger partial charge >= 0.3 is 12.1 Å². The number of fused-ring (bicyclic) bond motifs is 3. The monoisotopic (exact) mass is 974 g/mol. The molecule has 4 aromatic carbocycles. The molecule has 16 nitrogen and oxygen atoms in total. The fraction of sp³-hybridized carbons (Fsp3) is 0.393. The summed E-state index contributed by atoms with van der Waals surface area (Å²) >= 11 is 0. The quantitative estimate of drug-likeness (QED) is 0.0672. The predicted octanol–water partition coefficient (Wildman–Crippen LogP) is 6.08. The van der Waals surface area contributed by atoms with Crippen LogP contribution in [-0.4, -0.2) is 125 Å². The summed E-state index contributed by atoms with van der Waals surface area (Å²) in [5, 5.41) is 21.6. The molecule has 16 heteroatoms. The maximum Gasteiger partial charge on any atom is 0.421 e. The first kappa shape index (κ1) is 48.5. The molecule has 0 unspecified atom stereocenters. The van der Waals surface area contributed by atoms with Crippen LogP contribution in [0.15, 0.2) is 122 Å². The van der Waals surface area contributed by atoms with Crippen molar-refractivity contribution in [3.8, 4) is 17.6 Å². The van der Waals surface area contributed by atoms with Gasteiger partial charge in [0.1, 0.15) is 42.1 Å². The number of methoxy groups -OCH3 is 1. The van der Waals surface area contributed by atoms with Gasteiger partial charge in [0.2, 0.25) is 17.8 Å². The highest BCUT2D eigenvalue weighted by molar-refractivity contribution is 6.23. The van der Waals surface area contributed by atoms with Crippen molar-refractivity contribution in [2.45, 2.75) is 73.8 Å². The molecule has 5 aliphatic rings. The van der Waals surface area contributed by atoms with Crippen LogP contribution in [0.25, 0.3) is 0 Å². The highest BCUT2D eigenvalue weighted by Gasteiger charge is 2.76. The number of imide groups is 1. The molecule has 72 heavy (non-hydrogen) atoms. The smallest absolute Gasteiger partial charge is 0.421 e. The van der Waals surface area contributed by atoms with Crippen molar-refractivity contribution in [1.29, 1.82) is 0 Å². The van der Waals surface area contributed by atoms with Gasteiger partial charge in [0.15, 0.2) is 0 Å². The summed E-state index contributed by atoms with van der Waals surface area (Å²) in [6.07, 6.45) is 6.06. The summed E-state index contributed by atoms with van der Waals surface area (Å²) in [5.74, 6) is 3.79. The number of ether oxygens (including phenoxy) is 4. The number of hydrogen-bond acceptors (Lipinski definition) is 14. The van der Waals surface area contributed by atoms with Gasteiger partial charge < -0.3 is 39.0 Å². The van der Waals surface area contributed by atoms with E-state index in [1.54, 1.807) is 59.8 Å². The van der Waals surface area contributed by atoms with Crippen LogP contribution in [0.5, 0.6) is 5.75 Å². The maximum absolute atomic E-state index is 16.7. The van der Waals surface area contributed by atoms with E-state index >= 15 is 14.4 Å². The molecule has 0 radical (unpaired) electrons. The first-order valence-corrected chi connectivity index (χ1v) is 24.8. The van der Waals surface area contributed by atoms with E-state index in [1.165, 1.54) is 7.11 Å². The van der Waals surface area contributed by atoms with Crippen LogP contribution in [0.2, 0.25) is 0 Å². The highest BCUT2D eigenvalue weighted by Crippen LogP contribution is 2.66. The highest BCUT2D eigenvalue weighted by atomic mass is 16.6. The van der Waals surface area contributed by atoms with Crippen molar-refractivity contribution in [3.63, 3.8) is 0 Å². The lowest BCUT2D eigenvalue weighted by Crippen LogP contribution is -2.59. The van der Waals surface area contributed by atoms with E-state index in [9.17, 15) is 15.0 Å². The Kier molecular flexibility index (Phi) is 14.1. The number of carbonyl (C=O) groups is 4. The van der Waals surface area contributed by atoms with Gasteiger partial charge in [-0.1, -0.05) is 97.5 Å². The Morgan fingerprint density at radius 3 is 2.17 bits per heavy atom. The fourth-order valence-electron chi connectivity index (χ4n) is 11.6. The zero-order valence-corrected chi connectivity index (χ0v) is 40.2. The topological polar surface area (TPSA) is 184 Å². The molecule has 6 atom stereocenters. The van der Waals surface area contributed by atoms with Gasteiger partial charge in [0.05, 0.1) is 36.9 Å².